The molecule has 22 heavy (non-hydrogen) atoms. The van der Waals surface area contributed by atoms with Crippen LogP contribution in [0.15, 0.2) is 24.3 Å². The summed E-state index contributed by atoms with van der Waals surface area (Å²) >= 11 is -3.65. The minimum Gasteiger partial charge on any atom is -0.405 e. The van der Waals surface area contributed by atoms with Crippen LogP contribution in [0.3, 0.4) is 0 Å². The van der Waals surface area contributed by atoms with Crippen LogP contribution in [0.25, 0.3) is 10.1 Å². The summed E-state index contributed by atoms with van der Waals surface area (Å²) in [5, 5.41) is 0.503. The third-order valence-corrected chi connectivity index (χ3v) is 4.89. The van der Waals surface area contributed by atoms with Crippen molar-refractivity contribution in [3.8, 4) is 0 Å². The van der Waals surface area contributed by atoms with Gasteiger partial charge in [0, 0.05) is 23.9 Å². The van der Waals surface area contributed by atoms with E-state index in [1.807, 2.05) is 6.92 Å². The average Bonchev–Trinajstić information content (AvgIpc) is 2.72. The molecule has 0 bridgehead atoms. The van der Waals surface area contributed by atoms with Crippen molar-refractivity contribution in [1.29, 1.82) is 0 Å². The quantitative estimate of drug-likeness (QED) is 0.580. The van der Waals surface area contributed by atoms with E-state index in [-0.39, 0.29) is 4.70 Å². The molecule has 0 saturated heterocycles. The van der Waals surface area contributed by atoms with Crippen molar-refractivity contribution in [2.24, 2.45) is 0 Å². The van der Waals surface area contributed by atoms with Crippen molar-refractivity contribution < 1.29 is 45.0 Å². The van der Waals surface area contributed by atoms with Gasteiger partial charge in [-0.05, 0) is 18.6 Å². The highest BCUT2D eigenvalue weighted by molar-refractivity contribution is 7.38. The highest BCUT2D eigenvalue weighted by atomic mass is 80.0. The van der Waals surface area contributed by atoms with Gasteiger partial charge in [0.25, 0.3) is 0 Å². The summed E-state index contributed by atoms with van der Waals surface area (Å²) in [4.78, 5) is 0.380. The summed E-state index contributed by atoms with van der Waals surface area (Å²) in [5.41, 5.74) is -4.32. The first-order valence-corrected chi connectivity index (χ1v) is 9.37. The van der Waals surface area contributed by atoms with E-state index in [0.29, 0.717) is 16.7 Å². The van der Waals surface area contributed by atoms with E-state index in [2.05, 4.69) is 0 Å². The van der Waals surface area contributed by atoms with Gasteiger partial charge in [-0.2, -0.15) is 0 Å². The summed E-state index contributed by atoms with van der Waals surface area (Å²) in [5.74, 6) is -0.611. The molecule has 0 aliphatic rings. The van der Waals surface area contributed by atoms with Crippen LogP contribution >= 0.6 is 10.5 Å². The molecule has 0 amide bonds. The fourth-order valence-corrected chi connectivity index (χ4v) is 3.99. The van der Waals surface area contributed by atoms with Crippen LogP contribution in [0.2, 0.25) is 0 Å². The van der Waals surface area contributed by atoms with Gasteiger partial charge in [0.2, 0.25) is 14.8 Å². The van der Waals surface area contributed by atoms with E-state index < -0.39 is 36.6 Å². The lowest BCUT2D eigenvalue weighted by atomic mass is 10.2. The molecule has 124 valence electrons. The van der Waals surface area contributed by atoms with Crippen molar-refractivity contribution >= 4 is 20.6 Å². The number of thiophene rings is 1. The zero-order chi connectivity index (χ0) is 16.9. The molecule has 0 saturated carbocycles. The summed E-state index contributed by atoms with van der Waals surface area (Å²) in [6.45, 7) is 1.94. The lowest BCUT2D eigenvalue weighted by Crippen LogP contribution is -2.42. The van der Waals surface area contributed by atoms with Crippen LogP contribution in [0.5, 0.6) is 0 Å². The molecule has 3 nitrogen and oxygen atoms in total. The molecule has 0 radical (unpaired) electrons. The van der Waals surface area contributed by atoms with E-state index in [1.165, 1.54) is 12.1 Å². The third-order valence-electron chi connectivity index (χ3n) is 2.78. The number of hydrogen-bond acceptors (Lipinski definition) is 3. The number of rotatable bonds is 3. The minimum atomic E-state index is -4.32. The van der Waals surface area contributed by atoms with Crippen molar-refractivity contribution in [1.82, 2.24) is 0 Å². The van der Waals surface area contributed by atoms with Crippen molar-refractivity contribution in [3.05, 3.63) is 35.0 Å². The Morgan fingerprint density at radius 1 is 1.14 bits per heavy atom. The number of unbranched alkanes of at least 4 members (excludes halogenated alkanes) is 1. The van der Waals surface area contributed by atoms with Crippen LogP contribution < -0.4 is 12.6 Å². The summed E-state index contributed by atoms with van der Waals surface area (Å²) < 4.78 is 78.0. The van der Waals surface area contributed by atoms with Crippen LogP contribution in [0.1, 0.15) is 24.6 Å². The number of fused-ring (bicyclic) bond motifs is 1. The van der Waals surface area contributed by atoms with Gasteiger partial charge in [0.05, 0.1) is 10.5 Å². The molecule has 1 aromatic heterocycles. The zero-order valence-electron chi connectivity index (χ0n) is 11.5. The molecule has 1 unspecified atom stereocenters. The first-order valence-electron chi connectivity index (χ1n) is 6.21. The van der Waals surface area contributed by atoms with E-state index in [0.717, 1.165) is 18.9 Å². The summed E-state index contributed by atoms with van der Waals surface area (Å²) in [6, 6.07) is 5.22. The monoisotopic (exact) mass is 404 g/mol. The molecule has 2 rings (SSSR count). The standard InChI is InChI=1S/C13H13F4S.BrO3/c1-2-3-4-11-7-9-5-6-10(14)8-12(9)18(11)13(15,16)17;2-1(3)4/h5-8H,2-4H2,1H3;/q+1;-1. The second-order valence-corrected chi connectivity index (χ2v) is 7.17. The van der Waals surface area contributed by atoms with Gasteiger partial charge in [-0.3, -0.25) is 0 Å². The number of halogens is 5. The van der Waals surface area contributed by atoms with Crippen molar-refractivity contribution in [2.75, 3.05) is 0 Å². The molecule has 0 aliphatic heterocycles. The zero-order valence-corrected chi connectivity index (χ0v) is 13.9. The third kappa shape index (κ3) is 5.47. The molecule has 1 heterocycles. The lowest BCUT2D eigenvalue weighted by molar-refractivity contribution is -1.73. The van der Waals surface area contributed by atoms with Gasteiger partial charge < -0.3 is 12.6 Å². The fourth-order valence-electron chi connectivity index (χ4n) is 1.98. The van der Waals surface area contributed by atoms with E-state index in [9.17, 15) is 17.6 Å². The fraction of sp³-hybridized carbons (Fsp3) is 0.385. The smallest absolute Gasteiger partial charge is 0.405 e. The Balaban J connectivity index is 0.000000541. The molecule has 1 atom stereocenters. The maximum absolute atomic E-state index is 13.1. The first kappa shape index (κ1) is 19.3. The molecule has 2 aromatic rings. The molecule has 1 aromatic carbocycles. The average molecular weight is 405 g/mol. The van der Waals surface area contributed by atoms with Gasteiger partial charge in [-0.1, -0.05) is 13.3 Å². The van der Waals surface area contributed by atoms with Gasteiger partial charge in [0.15, 0.2) is 9.58 Å². The molecular formula is C13H13BrF4O3S. The lowest BCUT2D eigenvalue weighted by Gasteiger charge is -1.99. The Morgan fingerprint density at radius 3 is 2.23 bits per heavy atom. The topological polar surface area (TPSA) is 69.2 Å². The highest BCUT2D eigenvalue weighted by Gasteiger charge is 2.47. The Hall–Kier alpha value is -0.740. The van der Waals surface area contributed by atoms with Gasteiger partial charge in [-0.15, -0.1) is 13.2 Å². The van der Waals surface area contributed by atoms with Crippen LogP contribution in [0, 0.1) is 20.6 Å². The maximum Gasteiger partial charge on any atom is 0.600 e. The second-order valence-electron chi connectivity index (χ2n) is 4.34. The Kier molecular flexibility index (Phi) is 7.20. The van der Waals surface area contributed by atoms with Crippen LogP contribution in [-0.4, -0.2) is 0 Å². The van der Waals surface area contributed by atoms with Gasteiger partial charge in [0.1, 0.15) is 5.82 Å². The normalized spacial score (nSPS) is 12.5. The molecule has 0 aliphatic carbocycles. The Bertz CT molecular complexity index is 610. The molecular weight excluding hydrogens is 392 g/mol. The molecule has 0 spiro atoms. The number of benzene rings is 1. The van der Waals surface area contributed by atoms with E-state index in [1.54, 1.807) is 6.07 Å². The largest absolute Gasteiger partial charge is 0.600 e. The minimum absolute atomic E-state index is 0.0774. The number of aryl methyl sites for hydroxylation is 1. The number of hydrogen-bond donors (Lipinski definition) is 0. The maximum atomic E-state index is 13.1. The first-order chi connectivity index (χ1) is 10.2. The highest BCUT2D eigenvalue weighted by Crippen LogP contribution is 2.51. The predicted octanol–water partition coefficient (Wildman–Crippen LogP) is 1.98. The molecule has 0 fully saturated rings. The Morgan fingerprint density at radius 2 is 1.73 bits per heavy atom. The predicted molar refractivity (Wildman–Crippen MR) is 66.3 cm³/mol. The van der Waals surface area contributed by atoms with E-state index >= 15 is 0 Å². The van der Waals surface area contributed by atoms with Gasteiger partial charge in [-0.25, -0.2) is 4.39 Å². The Labute approximate surface area is 132 Å². The van der Waals surface area contributed by atoms with Crippen molar-refractivity contribution in [3.63, 3.8) is 0 Å². The van der Waals surface area contributed by atoms with Gasteiger partial charge >= 0.3 is 5.51 Å². The molecule has 9 heteroatoms. The van der Waals surface area contributed by atoms with Crippen LogP contribution in [0.4, 0.5) is 17.6 Å². The second kappa shape index (κ2) is 8.21. The molecule has 0 N–H and O–H groups in total. The van der Waals surface area contributed by atoms with Crippen molar-refractivity contribution in [2.45, 2.75) is 31.7 Å². The summed E-state index contributed by atoms with van der Waals surface area (Å²) in [6.07, 6.45) is 1.99. The number of alkyl halides is 3. The summed E-state index contributed by atoms with van der Waals surface area (Å²) in [7, 11) is -1.95. The SMILES string of the molecule is CCCCc1cc2ccc(F)cc2[s+]1C(F)(F)F.[O-][Br+2]([O-])[O-]. The van der Waals surface area contributed by atoms with E-state index in [4.69, 9.17) is 12.6 Å². The van der Waals surface area contributed by atoms with Crippen LogP contribution in [-0.2, 0) is 11.9 Å².